The normalized spacial score (nSPS) is 13.0. The van der Waals surface area contributed by atoms with Crippen LogP contribution < -0.4 is 10.5 Å². The number of benzene rings is 2. The van der Waals surface area contributed by atoms with Gasteiger partial charge in [-0.15, -0.1) is 0 Å². The van der Waals surface area contributed by atoms with Crippen molar-refractivity contribution < 1.29 is 12.8 Å². The van der Waals surface area contributed by atoms with E-state index in [2.05, 4.69) is 5.32 Å². The molecular formula is C15H17FN2O2S. The minimum Gasteiger partial charge on any atom is -0.378 e. The van der Waals surface area contributed by atoms with Crippen LogP contribution in [0.3, 0.4) is 0 Å². The first-order valence-electron chi connectivity index (χ1n) is 6.43. The maximum absolute atomic E-state index is 13.7. The highest BCUT2D eigenvalue weighted by Crippen LogP contribution is 2.24. The highest BCUT2D eigenvalue weighted by Gasteiger charge is 2.14. The van der Waals surface area contributed by atoms with Crippen LogP contribution in [0.25, 0.3) is 0 Å². The Kier molecular flexibility index (Phi) is 4.29. The largest absolute Gasteiger partial charge is 0.378 e. The van der Waals surface area contributed by atoms with E-state index in [9.17, 15) is 12.8 Å². The molecule has 112 valence electrons. The van der Waals surface area contributed by atoms with Gasteiger partial charge in [0, 0.05) is 11.3 Å². The van der Waals surface area contributed by atoms with E-state index in [1.54, 1.807) is 44.2 Å². The number of rotatable bonds is 4. The zero-order valence-corrected chi connectivity index (χ0v) is 12.6. The third-order valence-corrected chi connectivity index (χ3v) is 4.30. The minimum atomic E-state index is -3.78. The van der Waals surface area contributed by atoms with Gasteiger partial charge in [-0.25, -0.2) is 17.9 Å². The van der Waals surface area contributed by atoms with Crippen molar-refractivity contribution in [1.29, 1.82) is 0 Å². The molecule has 2 aromatic rings. The quantitative estimate of drug-likeness (QED) is 0.912. The van der Waals surface area contributed by atoms with Gasteiger partial charge in [-0.3, -0.25) is 0 Å². The molecule has 0 aliphatic carbocycles. The van der Waals surface area contributed by atoms with E-state index < -0.39 is 10.0 Å². The first-order chi connectivity index (χ1) is 9.79. The molecule has 3 N–H and O–H groups in total. The number of hydrogen-bond donors (Lipinski definition) is 2. The molecule has 1 atom stereocenters. The molecule has 2 rings (SSSR count). The summed E-state index contributed by atoms with van der Waals surface area (Å²) in [6.45, 7) is 3.47. The van der Waals surface area contributed by atoms with Crippen molar-refractivity contribution in [2.24, 2.45) is 5.14 Å². The summed E-state index contributed by atoms with van der Waals surface area (Å²) in [5.74, 6) is -0.309. The Morgan fingerprint density at radius 2 is 1.86 bits per heavy atom. The summed E-state index contributed by atoms with van der Waals surface area (Å²) in [5.41, 5.74) is 1.65. The fourth-order valence-corrected chi connectivity index (χ4v) is 2.96. The molecule has 4 nitrogen and oxygen atoms in total. The third-order valence-electron chi connectivity index (χ3n) is 3.25. The average molecular weight is 308 g/mol. The summed E-state index contributed by atoms with van der Waals surface area (Å²) in [6, 6.07) is 11.0. The van der Waals surface area contributed by atoms with Gasteiger partial charge in [0.1, 0.15) is 5.82 Å². The van der Waals surface area contributed by atoms with E-state index in [-0.39, 0.29) is 16.8 Å². The number of aryl methyl sites for hydroxylation is 1. The molecule has 0 saturated carbocycles. The smallest absolute Gasteiger partial charge is 0.238 e. The third kappa shape index (κ3) is 3.59. The monoisotopic (exact) mass is 308 g/mol. The number of anilines is 1. The van der Waals surface area contributed by atoms with E-state index in [1.807, 2.05) is 0 Å². The van der Waals surface area contributed by atoms with Gasteiger partial charge in [-0.05, 0) is 37.6 Å². The lowest BCUT2D eigenvalue weighted by Crippen LogP contribution is -2.15. The SMILES string of the molecule is Cc1ccc(NC(C)c2ccccc2F)cc1S(N)(=O)=O. The van der Waals surface area contributed by atoms with Crippen molar-refractivity contribution in [3.05, 3.63) is 59.4 Å². The molecule has 0 fully saturated rings. The molecule has 0 aliphatic rings. The van der Waals surface area contributed by atoms with E-state index in [1.165, 1.54) is 12.1 Å². The summed E-state index contributed by atoms with van der Waals surface area (Å²) in [7, 11) is -3.78. The Bertz CT molecular complexity index is 760. The molecule has 0 saturated heterocycles. The van der Waals surface area contributed by atoms with Crippen molar-refractivity contribution >= 4 is 15.7 Å². The van der Waals surface area contributed by atoms with Gasteiger partial charge in [0.2, 0.25) is 10.0 Å². The summed E-state index contributed by atoms with van der Waals surface area (Å²) < 4.78 is 36.7. The van der Waals surface area contributed by atoms with Gasteiger partial charge in [0.25, 0.3) is 0 Å². The molecule has 0 aliphatic heterocycles. The van der Waals surface area contributed by atoms with Gasteiger partial charge in [-0.1, -0.05) is 24.3 Å². The second-order valence-electron chi connectivity index (χ2n) is 4.91. The minimum absolute atomic E-state index is 0.0632. The Balaban J connectivity index is 2.31. The topological polar surface area (TPSA) is 72.2 Å². The summed E-state index contributed by atoms with van der Waals surface area (Å²) in [6.07, 6.45) is 0. The standard InChI is InChI=1S/C15H17FN2O2S/c1-10-7-8-12(9-15(10)21(17,19)20)18-11(2)13-5-3-4-6-14(13)16/h3-9,11,18H,1-2H3,(H2,17,19,20). The average Bonchev–Trinajstić information content (AvgIpc) is 2.40. The highest BCUT2D eigenvalue weighted by molar-refractivity contribution is 7.89. The first kappa shape index (κ1) is 15.5. The van der Waals surface area contributed by atoms with Crippen LogP contribution in [-0.2, 0) is 10.0 Å². The zero-order valence-electron chi connectivity index (χ0n) is 11.8. The number of hydrogen-bond acceptors (Lipinski definition) is 3. The summed E-state index contributed by atoms with van der Waals surface area (Å²) in [5, 5.41) is 8.26. The molecule has 0 aromatic heterocycles. The van der Waals surface area contributed by atoms with E-state index in [0.29, 0.717) is 16.8 Å². The zero-order chi connectivity index (χ0) is 15.6. The van der Waals surface area contributed by atoms with Crippen LogP contribution >= 0.6 is 0 Å². The van der Waals surface area contributed by atoms with E-state index in [0.717, 1.165) is 0 Å². The Labute approximate surface area is 123 Å². The fraction of sp³-hybridized carbons (Fsp3) is 0.200. The Hall–Kier alpha value is -1.92. The van der Waals surface area contributed by atoms with Crippen LogP contribution in [0.1, 0.15) is 24.1 Å². The predicted octanol–water partition coefficient (Wildman–Crippen LogP) is 2.95. The molecule has 6 heteroatoms. The molecule has 2 aromatic carbocycles. The van der Waals surface area contributed by atoms with Crippen LogP contribution in [0.5, 0.6) is 0 Å². The van der Waals surface area contributed by atoms with Crippen molar-refractivity contribution in [3.63, 3.8) is 0 Å². The summed E-state index contributed by atoms with van der Waals surface area (Å²) in [4.78, 5) is 0.0632. The molecule has 0 radical (unpaired) electrons. The molecule has 21 heavy (non-hydrogen) atoms. The Morgan fingerprint density at radius 1 is 1.19 bits per heavy atom. The number of primary sulfonamides is 1. The fourth-order valence-electron chi connectivity index (χ4n) is 2.15. The van der Waals surface area contributed by atoms with Gasteiger partial charge >= 0.3 is 0 Å². The molecule has 0 spiro atoms. The lowest BCUT2D eigenvalue weighted by Gasteiger charge is -2.17. The second-order valence-corrected chi connectivity index (χ2v) is 6.44. The lowest BCUT2D eigenvalue weighted by molar-refractivity contribution is 0.596. The van der Waals surface area contributed by atoms with Crippen molar-refractivity contribution in [1.82, 2.24) is 0 Å². The molecule has 0 bridgehead atoms. The van der Waals surface area contributed by atoms with E-state index in [4.69, 9.17) is 5.14 Å². The second kappa shape index (κ2) is 5.83. The van der Waals surface area contributed by atoms with Gasteiger partial charge < -0.3 is 5.32 Å². The van der Waals surface area contributed by atoms with Crippen LogP contribution in [0.4, 0.5) is 10.1 Å². The maximum atomic E-state index is 13.7. The number of nitrogens with two attached hydrogens (primary N) is 1. The van der Waals surface area contributed by atoms with E-state index >= 15 is 0 Å². The Morgan fingerprint density at radius 3 is 2.48 bits per heavy atom. The van der Waals surface area contributed by atoms with Gasteiger partial charge in [0.15, 0.2) is 0 Å². The highest BCUT2D eigenvalue weighted by atomic mass is 32.2. The van der Waals surface area contributed by atoms with Crippen LogP contribution in [-0.4, -0.2) is 8.42 Å². The first-order valence-corrected chi connectivity index (χ1v) is 7.98. The van der Waals surface area contributed by atoms with Gasteiger partial charge in [0.05, 0.1) is 10.9 Å². The van der Waals surface area contributed by atoms with Gasteiger partial charge in [-0.2, -0.15) is 0 Å². The van der Waals surface area contributed by atoms with Crippen molar-refractivity contribution in [2.75, 3.05) is 5.32 Å². The number of halogens is 1. The van der Waals surface area contributed by atoms with Crippen LogP contribution in [0.2, 0.25) is 0 Å². The van der Waals surface area contributed by atoms with Crippen molar-refractivity contribution in [3.8, 4) is 0 Å². The lowest BCUT2D eigenvalue weighted by atomic mass is 10.1. The predicted molar refractivity (Wildman–Crippen MR) is 81.0 cm³/mol. The number of sulfonamides is 1. The molecule has 0 heterocycles. The molecule has 0 amide bonds. The number of nitrogens with one attached hydrogen (secondary N) is 1. The maximum Gasteiger partial charge on any atom is 0.238 e. The molecule has 1 unspecified atom stereocenters. The summed E-state index contributed by atoms with van der Waals surface area (Å²) >= 11 is 0. The molecular weight excluding hydrogens is 291 g/mol. The van der Waals surface area contributed by atoms with Crippen LogP contribution in [0.15, 0.2) is 47.4 Å². The van der Waals surface area contributed by atoms with Crippen LogP contribution in [0, 0.1) is 12.7 Å². The van der Waals surface area contributed by atoms with Crippen molar-refractivity contribution in [2.45, 2.75) is 24.8 Å².